The summed E-state index contributed by atoms with van der Waals surface area (Å²) in [5.41, 5.74) is -0.0848. The van der Waals surface area contributed by atoms with E-state index in [1.807, 2.05) is 9.80 Å². The molecule has 0 aromatic heterocycles. The van der Waals surface area contributed by atoms with Crippen LogP contribution in [0.1, 0.15) is 36.5 Å². The van der Waals surface area contributed by atoms with Crippen LogP contribution in [0.4, 0.5) is 0 Å². The second-order valence-electron chi connectivity index (χ2n) is 8.38. The molecule has 3 fully saturated rings. The van der Waals surface area contributed by atoms with Crippen LogP contribution in [0.2, 0.25) is 5.02 Å². The number of amides is 3. The number of morpholine rings is 1. The SMILES string of the molecule is CC(=O)N1CC[C@@]2(C(=O)N3CCOCC3)CCN(C(=O)c3cccc(Cl)c3)CC[C@@H]12. The van der Waals surface area contributed by atoms with E-state index in [4.69, 9.17) is 16.3 Å². The van der Waals surface area contributed by atoms with Gasteiger partial charge in [0, 0.05) is 56.3 Å². The standard InChI is InChI=1S/C22H28ClN3O4/c1-16(27)26-10-7-22(21(29)25-11-13-30-14-12-25)6-9-24(8-5-19(22)26)20(28)17-3-2-4-18(23)15-17/h2-4,15,19H,5-14H2,1H3/t19-,22+/m1/s1. The first-order valence-corrected chi connectivity index (χ1v) is 11.0. The molecule has 4 rings (SSSR count). The highest BCUT2D eigenvalue weighted by molar-refractivity contribution is 6.30. The summed E-state index contributed by atoms with van der Waals surface area (Å²) in [6.07, 6.45) is 1.80. The number of likely N-dealkylation sites (tertiary alicyclic amines) is 2. The number of halogens is 1. The summed E-state index contributed by atoms with van der Waals surface area (Å²) >= 11 is 6.07. The average Bonchev–Trinajstić information content (AvgIpc) is 3.02. The molecule has 0 bridgehead atoms. The van der Waals surface area contributed by atoms with Crippen molar-refractivity contribution in [2.45, 2.75) is 32.2 Å². The molecule has 0 unspecified atom stereocenters. The van der Waals surface area contributed by atoms with Gasteiger partial charge in [-0.05, 0) is 37.5 Å². The fourth-order valence-electron chi connectivity index (χ4n) is 5.21. The molecule has 3 aliphatic rings. The summed E-state index contributed by atoms with van der Waals surface area (Å²) in [7, 11) is 0. The maximum absolute atomic E-state index is 13.7. The van der Waals surface area contributed by atoms with Crippen LogP contribution in [0.3, 0.4) is 0 Å². The van der Waals surface area contributed by atoms with E-state index in [0.29, 0.717) is 75.8 Å². The number of ether oxygens (including phenoxy) is 1. The van der Waals surface area contributed by atoms with Crippen molar-refractivity contribution in [2.75, 3.05) is 45.9 Å². The lowest BCUT2D eigenvalue weighted by Gasteiger charge is -2.40. The third-order valence-electron chi connectivity index (χ3n) is 6.80. The lowest BCUT2D eigenvalue weighted by atomic mass is 9.75. The second kappa shape index (κ2) is 8.55. The molecule has 3 aliphatic heterocycles. The monoisotopic (exact) mass is 433 g/mol. The zero-order valence-corrected chi connectivity index (χ0v) is 18.1. The van der Waals surface area contributed by atoms with Gasteiger partial charge < -0.3 is 19.4 Å². The van der Waals surface area contributed by atoms with Crippen LogP contribution >= 0.6 is 11.6 Å². The van der Waals surface area contributed by atoms with Gasteiger partial charge in [0.05, 0.1) is 18.6 Å². The first-order valence-electron chi connectivity index (χ1n) is 10.6. The zero-order chi connectivity index (χ0) is 21.3. The largest absolute Gasteiger partial charge is 0.378 e. The Kier molecular flexibility index (Phi) is 6.02. The molecule has 3 saturated heterocycles. The first kappa shape index (κ1) is 21.1. The minimum atomic E-state index is -0.633. The molecule has 162 valence electrons. The molecule has 0 spiro atoms. The van der Waals surface area contributed by atoms with Gasteiger partial charge in [-0.1, -0.05) is 17.7 Å². The van der Waals surface area contributed by atoms with Crippen LogP contribution in [-0.2, 0) is 14.3 Å². The summed E-state index contributed by atoms with van der Waals surface area (Å²) in [6, 6.07) is 6.76. The quantitative estimate of drug-likeness (QED) is 0.715. The Morgan fingerprint density at radius 3 is 2.47 bits per heavy atom. The minimum Gasteiger partial charge on any atom is -0.378 e. The topological polar surface area (TPSA) is 70.2 Å². The zero-order valence-electron chi connectivity index (χ0n) is 17.3. The van der Waals surface area contributed by atoms with E-state index in [1.165, 1.54) is 0 Å². The van der Waals surface area contributed by atoms with Crippen LogP contribution < -0.4 is 0 Å². The molecule has 1 aromatic carbocycles. The number of benzene rings is 1. The Bertz CT molecular complexity index is 841. The van der Waals surface area contributed by atoms with Gasteiger partial charge in [0.1, 0.15) is 0 Å². The Hall–Kier alpha value is -2.12. The van der Waals surface area contributed by atoms with Crippen molar-refractivity contribution in [1.29, 1.82) is 0 Å². The lowest BCUT2D eigenvalue weighted by molar-refractivity contribution is -0.149. The fraction of sp³-hybridized carbons (Fsp3) is 0.591. The predicted molar refractivity (Wildman–Crippen MR) is 112 cm³/mol. The number of hydrogen-bond donors (Lipinski definition) is 0. The van der Waals surface area contributed by atoms with Crippen molar-refractivity contribution >= 4 is 29.3 Å². The Balaban J connectivity index is 1.59. The number of fused-ring (bicyclic) bond motifs is 1. The molecule has 0 N–H and O–H groups in total. The van der Waals surface area contributed by atoms with Crippen molar-refractivity contribution in [2.24, 2.45) is 5.41 Å². The molecule has 1 aromatic rings. The second-order valence-corrected chi connectivity index (χ2v) is 8.82. The Labute approximate surface area is 181 Å². The third-order valence-corrected chi connectivity index (χ3v) is 7.04. The summed E-state index contributed by atoms with van der Waals surface area (Å²) < 4.78 is 5.42. The van der Waals surface area contributed by atoms with E-state index in [9.17, 15) is 14.4 Å². The first-order chi connectivity index (χ1) is 14.4. The Morgan fingerprint density at radius 2 is 1.77 bits per heavy atom. The van der Waals surface area contributed by atoms with Gasteiger partial charge in [-0.25, -0.2) is 0 Å². The van der Waals surface area contributed by atoms with Crippen molar-refractivity contribution in [3.63, 3.8) is 0 Å². The van der Waals surface area contributed by atoms with E-state index >= 15 is 0 Å². The highest BCUT2D eigenvalue weighted by Gasteiger charge is 2.55. The van der Waals surface area contributed by atoms with Gasteiger partial charge in [0.2, 0.25) is 11.8 Å². The highest BCUT2D eigenvalue weighted by atomic mass is 35.5. The predicted octanol–water partition coefficient (Wildman–Crippen LogP) is 2.04. The van der Waals surface area contributed by atoms with Gasteiger partial charge in [0.15, 0.2) is 0 Å². The van der Waals surface area contributed by atoms with E-state index < -0.39 is 5.41 Å². The van der Waals surface area contributed by atoms with Gasteiger partial charge in [0.25, 0.3) is 5.91 Å². The van der Waals surface area contributed by atoms with Gasteiger partial charge in [-0.15, -0.1) is 0 Å². The van der Waals surface area contributed by atoms with Crippen LogP contribution in [0.5, 0.6) is 0 Å². The lowest BCUT2D eigenvalue weighted by Crippen LogP contribution is -2.54. The van der Waals surface area contributed by atoms with Crippen LogP contribution in [0.15, 0.2) is 24.3 Å². The number of rotatable bonds is 2. The van der Waals surface area contributed by atoms with Crippen molar-refractivity contribution < 1.29 is 19.1 Å². The van der Waals surface area contributed by atoms with Crippen LogP contribution in [0.25, 0.3) is 0 Å². The molecule has 0 radical (unpaired) electrons. The minimum absolute atomic E-state index is 0.00808. The maximum atomic E-state index is 13.7. The summed E-state index contributed by atoms with van der Waals surface area (Å²) in [5, 5.41) is 0.522. The third kappa shape index (κ3) is 3.81. The van der Waals surface area contributed by atoms with Crippen molar-refractivity contribution in [3.8, 4) is 0 Å². The molecular weight excluding hydrogens is 406 g/mol. The number of carbonyl (C=O) groups excluding carboxylic acids is 3. The van der Waals surface area contributed by atoms with E-state index in [1.54, 1.807) is 36.1 Å². The molecular formula is C22H28ClN3O4. The maximum Gasteiger partial charge on any atom is 0.253 e. The highest BCUT2D eigenvalue weighted by Crippen LogP contribution is 2.45. The number of hydrogen-bond acceptors (Lipinski definition) is 4. The number of nitrogens with zero attached hydrogens (tertiary/aromatic N) is 3. The number of carbonyl (C=O) groups is 3. The normalized spacial score (nSPS) is 26.9. The van der Waals surface area contributed by atoms with E-state index in [0.717, 1.165) is 0 Å². The molecule has 7 nitrogen and oxygen atoms in total. The molecule has 3 heterocycles. The van der Waals surface area contributed by atoms with E-state index in [-0.39, 0.29) is 23.8 Å². The summed E-state index contributed by atoms with van der Waals surface area (Å²) in [5.74, 6) is 0.0173. The van der Waals surface area contributed by atoms with Crippen LogP contribution in [0, 0.1) is 5.41 Å². The summed E-state index contributed by atoms with van der Waals surface area (Å²) in [6.45, 7) is 5.41. The molecule has 3 amide bonds. The smallest absolute Gasteiger partial charge is 0.253 e. The van der Waals surface area contributed by atoms with Crippen molar-refractivity contribution in [3.05, 3.63) is 34.9 Å². The van der Waals surface area contributed by atoms with Gasteiger partial charge >= 0.3 is 0 Å². The van der Waals surface area contributed by atoms with Crippen LogP contribution in [-0.4, -0.2) is 84.4 Å². The molecule has 0 aliphatic carbocycles. The molecule has 0 saturated carbocycles. The fourth-order valence-corrected chi connectivity index (χ4v) is 5.40. The van der Waals surface area contributed by atoms with E-state index in [2.05, 4.69) is 0 Å². The van der Waals surface area contributed by atoms with Crippen molar-refractivity contribution in [1.82, 2.24) is 14.7 Å². The summed E-state index contributed by atoms with van der Waals surface area (Å²) in [4.78, 5) is 44.6. The molecule has 30 heavy (non-hydrogen) atoms. The molecule has 2 atom stereocenters. The Morgan fingerprint density at radius 1 is 1.03 bits per heavy atom. The van der Waals surface area contributed by atoms with Gasteiger partial charge in [-0.3, -0.25) is 14.4 Å². The average molecular weight is 434 g/mol. The molecule has 8 heteroatoms. The van der Waals surface area contributed by atoms with Gasteiger partial charge in [-0.2, -0.15) is 0 Å².